The van der Waals surface area contributed by atoms with Crippen molar-refractivity contribution in [3.8, 4) is 5.75 Å². The normalized spacial score (nSPS) is 11.3. The minimum atomic E-state index is -0.480. The zero-order valence-electron chi connectivity index (χ0n) is 15.6. The fraction of sp³-hybridized carbons (Fsp3) is 0.611. The van der Waals surface area contributed by atoms with Crippen molar-refractivity contribution in [3.05, 3.63) is 26.6 Å². The van der Waals surface area contributed by atoms with Gasteiger partial charge < -0.3 is 19.7 Å². The highest BCUT2D eigenvalue weighted by Crippen LogP contribution is 2.32. The van der Waals surface area contributed by atoms with Gasteiger partial charge in [0.1, 0.15) is 11.4 Å². The van der Waals surface area contributed by atoms with Crippen molar-refractivity contribution in [1.82, 2.24) is 10.2 Å². The van der Waals surface area contributed by atoms with E-state index in [1.807, 2.05) is 32.9 Å². The molecule has 25 heavy (non-hydrogen) atoms. The Labute approximate surface area is 167 Å². The molecule has 142 valence electrons. The van der Waals surface area contributed by atoms with Crippen LogP contribution in [0.5, 0.6) is 5.75 Å². The summed E-state index contributed by atoms with van der Waals surface area (Å²) in [4.78, 5) is 14.0. The summed E-state index contributed by atoms with van der Waals surface area (Å²) in [5, 5.41) is 3.37. The Morgan fingerprint density at radius 3 is 2.48 bits per heavy atom. The van der Waals surface area contributed by atoms with Crippen LogP contribution >= 0.6 is 31.9 Å². The van der Waals surface area contributed by atoms with Crippen LogP contribution in [0.2, 0.25) is 0 Å². The Morgan fingerprint density at radius 2 is 1.92 bits per heavy atom. The van der Waals surface area contributed by atoms with E-state index in [9.17, 15) is 4.79 Å². The molecule has 0 radical (unpaired) electrons. The van der Waals surface area contributed by atoms with Crippen LogP contribution in [0.3, 0.4) is 0 Å². The van der Waals surface area contributed by atoms with Crippen LogP contribution in [0, 0.1) is 0 Å². The van der Waals surface area contributed by atoms with Crippen molar-refractivity contribution in [2.45, 2.75) is 46.3 Å². The molecule has 1 rings (SSSR count). The van der Waals surface area contributed by atoms with E-state index < -0.39 is 5.60 Å². The van der Waals surface area contributed by atoms with Crippen molar-refractivity contribution in [2.75, 3.05) is 26.7 Å². The van der Waals surface area contributed by atoms with E-state index in [0.29, 0.717) is 26.2 Å². The summed E-state index contributed by atoms with van der Waals surface area (Å²) >= 11 is 7.00. The van der Waals surface area contributed by atoms with Crippen molar-refractivity contribution in [3.63, 3.8) is 0 Å². The molecular formula is C18H28Br2N2O3. The standard InChI is InChI=1S/C18H28Br2N2O3/c1-6-8-22(17(23)25-18(2,3)4)9-7-21-12-13-10-14(19)11-15(20)16(13)24-5/h10-11,21H,6-9,12H2,1-5H3. The number of carbonyl (C=O) groups excluding carboxylic acids is 1. The van der Waals surface area contributed by atoms with Gasteiger partial charge in [-0.1, -0.05) is 22.9 Å². The second-order valence-corrected chi connectivity index (χ2v) is 8.49. The molecule has 0 aromatic heterocycles. The number of nitrogens with zero attached hydrogens (tertiary/aromatic N) is 1. The zero-order valence-corrected chi connectivity index (χ0v) is 18.8. The topological polar surface area (TPSA) is 50.8 Å². The largest absolute Gasteiger partial charge is 0.495 e. The minimum absolute atomic E-state index is 0.265. The molecule has 1 aromatic carbocycles. The molecule has 0 aliphatic heterocycles. The summed E-state index contributed by atoms with van der Waals surface area (Å²) in [6.07, 6.45) is 0.630. The molecule has 0 atom stereocenters. The number of rotatable bonds is 8. The number of benzene rings is 1. The molecule has 0 aliphatic carbocycles. The van der Waals surface area contributed by atoms with Crippen LogP contribution < -0.4 is 10.1 Å². The summed E-state index contributed by atoms with van der Waals surface area (Å²) in [6, 6.07) is 3.97. The van der Waals surface area contributed by atoms with Gasteiger partial charge in [0.05, 0.1) is 11.6 Å². The van der Waals surface area contributed by atoms with Gasteiger partial charge >= 0.3 is 6.09 Å². The first-order valence-corrected chi connectivity index (χ1v) is 9.97. The molecular weight excluding hydrogens is 452 g/mol. The van der Waals surface area contributed by atoms with Crippen LogP contribution in [0.1, 0.15) is 39.7 Å². The Hall–Kier alpha value is -0.790. The summed E-state index contributed by atoms with van der Waals surface area (Å²) in [5.41, 5.74) is 0.565. The summed E-state index contributed by atoms with van der Waals surface area (Å²) in [5.74, 6) is 0.813. The fourth-order valence-corrected chi connectivity index (χ4v) is 3.78. The van der Waals surface area contributed by atoms with Gasteiger partial charge in [-0.2, -0.15) is 0 Å². The van der Waals surface area contributed by atoms with Crippen molar-refractivity contribution in [2.24, 2.45) is 0 Å². The van der Waals surface area contributed by atoms with E-state index in [4.69, 9.17) is 9.47 Å². The van der Waals surface area contributed by atoms with Gasteiger partial charge in [0.15, 0.2) is 0 Å². The minimum Gasteiger partial charge on any atom is -0.495 e. The average Bonchev–Trinajstić information content (AvgIpc) is 2.48. The summed E-state index contributed by atoms with van der Waals surface area (Å²) in [6.45, 7) is 10.3. The lowest BCUT2D eigenvalue weighted by Crippen LogP contribution is -2.40. The van der Waals surface area contributed by atoms with Crippen LogP contribution in [0.25, 0.3) is 0 Å². The predicted octanol–water partition coefficient (Wildman–Crippen LogP) is 4.96. The van der Waals surface area contributed by atoms with Gasteiger partial charge in [0.2, 0.25) is 0 Å². The van der Waals surface area contributed by atoms with Gasteiger partial charge in [-0.05, 0) is 55.3 Å². The second-order valence-electron chi connectivity index (χ2n) is 6.72. The summed E-state index contributed by atoms with van der Waals surface area (Å²) < 4.78 is 12.8. The lowest BCUT2D eigenvalue weighted by Gasteiger charge is -2.27. The number of nitrogens with one attached hydrogen (secondary N) is 1. The molecule has 0 bridgehead atoms. The lowest BCUT2D eigenvalue weighted by atomic mass is 10.2. The molecule has 0 saturated heterocycles. The van der Waals surface area contributed by atoms with Crippen LogP contribution in [0.15, 0.2) is 21.1 Å². The van der Waals surface area contributed by atoms with E-state index in [2.05, 4.69) is 44.1 Å². The molecule has 0 fully saturated rings. The van der Waals surface area contributed by atoms with Gasteiger partial charge in [-0.25, -0.2) is 4.79 Å². The molecule has 5 nitrogen and oxygen atoms in total. The Kier molecular flexibility index (Phi) is 9.24. The maximum atomic E-state index is 12.2. The molecule has 1 N–H and O–H groups in total. The predicted molar refractivity (Wildman–Crippen MR) is 108 cm³/mol. The SMILES string of the molecule is CCCN(CCNCc1cc(Br)cc(Br)c1OC)C(=O)OC(C)(C)C. The highest BCUT2D eigenvalue weighted by atomic mass is 79.9. The van der Waals surface area contributed by atoms with Crippen LogP contribution in [-0.4, -0.2) is 43.3 Å². The van der Waals surface area contributed by atoms with Crippen molar-refractivity contribution >= 4 is 38.0 Å². The Balaban J connectivity index is 2.59. The van der Waals surface area contributed by atoms with Crippen LogP contribution in [0.4, 0.5) is 4.79 Å². The zero-order chi connectivity index (χ0) is 19.0. The average molecular weight is 480 g/mol. The van der Waals surface area contributed by atoms with Crippen LogP contribution in [-0.2, 0) is 11.3 Å². The maximum Gasteiger partial charge on any atom is 0.410 e. The third-order valence-corrected chi connectivity index (χ3v) is 4.36. The van der Waals surface area contributed by atoms with E-state index in [-0.39, 0.29) is 6.09 Å². The third kappa shape index (κ3) is 7.96. The lowest BCUT2D eigenvalue weighted by molar-refractivity contribution is 0.0252. The maximum absolute atomic E-state index is 12.2. The quantitative estimate of drug-likeness (QED) is 0.535. The highest BCUT2D eigenvalue weighted by molar-refractivity contribution is 9.11. The Morgan fingerprint density at radius 1 is 1.24 bits per heavy atom. The monoisotopic (exact) mass is 478 g/mol. The number of halogens is 2. The number of hydrogen-bond acceptors (Lipinski definition) is 4. The van der Waals surface area contributed by atoms with Gasteiger partial charge in [-0.3, -0.25) is 0 Å². The first-order valence-electron chi connectivity index (χ1n) is 8.38. The number of ether oxygens (including phenoxy) is 2. The Bertz CT molecular complexity index is 574. The number of methoxy groups -OCH3 is 1. The van der Waals surface area contributed by atoms with Crippen molar-refractivity contribution < 1.29 is 14.3 Å². The highest BCUT2D eigenvalue weighted by Gasteiger charge is 2.21. The van der Waals surface area contributed by atoms with E-state index in [0.717, 1.165) is 26.7 Å². The number of carbonyl (C=O) groups is 1. The first kappa shape index (κ1) is 22.3. The second kappa shape index (κ2) is 10.4. The fourth-order valence-electron chi connectivity index (χ4n) is 2.30. The molecule has 0 spiro atoms. The van der Waals surface area contributed by atoms with E-state index >= 15 is 0 Å². The van der Waals surface area contributed by atoms with Gasteiger partial charge in [0.25, 0.3) is 0 Å². The molecule has 1 aromatic rings. The molecule has 0 unspecified atom stereocenters. The molecule has 0 aliphatic rings. The molecule has 7 heteroatoms. The molecule has 0 heterocycles. The smallest absolute Gasteiger partial charge is 0.410 e. The molecule has 0 saturated carbocycles. The third-order valence-electron chi connectivity index (χ3n) is 3.31. The van der Waals surface area contributed by atoms with Gasteiger partial charge in [0, 0.05) is 36.2 Å². The number of amides is 1. The van der Waals surface area contributed by atoms with E-state index in [1.165, 1.54) is 0 Å². The summed E-state index contributed by atoms with van der Waals surface area (Å²) in [7, 11) is 1.66. The molecule has 1 amide bonds. The van der Waals surface area contributed by atoms with Crippen molar-refractivity contribution in [1.29, 1.82) is 0 Å². The number of hydrogen-bond donors (Lipinski definition) is 1. The van der Waals surface area contributed by atoms with Gasteiger partial charge in [-0.15, -0.1) is 0 Å². The first-order chi connectivity index (χ1) is 11.7. The van der Waals surface area contributed by atoms with E-state index in [1.54, 1.807) is 12.0 Å².